The molecule has 0 saturated heterocycles. The minimum atomic E-state index is -4.52. The van der Waals surface area contributed by atoms with Crippen LogP contribution in [0.5, 0.6) is 5.75 Å². The molecule has 1 unspecified atom stereocenters. The number of hydrogen-bond donors (Lipinski definition) is 1. The Labute approximate surface area is 173 Å². The molecule has 0 saturated carbocycles. The summed E-state index contributed by atoms with van der Waals surface area (Å²) < 4.78 is 66.2. The van der Waals surface area contributed by atoms with Crippen molar-refractivity contribution < 1.29 is 30.6 Å². The fourth-order valence-corrected chi connectivity index (χ4v) is 3.14. The van der Waals surface area contributed by atoms with Crippen molar-refractivity contribution in [2.24, 2.45) is 0 Å². The minimum Gasteiger partial charge on any atom is -0.383 e. The van der Waals surface area contributed by atoms with E-state index in [1.807, 2.05) is 13.8 Å². The molecule has 0 aliphatic carbocycles. The van der Waals surface area contributed by atoms with Gasteiger partial charge in [0.05, 0.1) is 11.8 Å². The van der Waals surface area contributed by atoms with Crippen molar-refractivity contribution >= 4 is 21.8 Å². The second-order valence-corrected chi connectivity index (χ2v) is 8.40. The van der Waals surface area contributed by atoms with Crippen molar-refractivity contribution in [3.63, 3.8) is 0 Å². The van der Waals surface area contributed by atoms with Gasteiger partial charge in [0.1, 0.15) is 5.75 Å². The van der Waals surface area contributed by atoms with Crippen LogP contribution in [0.2, 0.25) is 0 Å². The van der Waals surface area contributed by atoms with E-state index >= 15 is 0 Å². The Bertz CT molecular complexity index is 994. The van der Waals surface area contributed by atoms with Crippen molar-refractivity contribution in [1.29, 1.82) is 0 Å². The van der Waals surface area contributed by atoms with Crippen LogP contribution in [-0.4, -0.2) is 31.6 Å². The van der Waals surface area contributed by atoms with E-state index in [2.05, 4.69) is 5.32 Å². The SMILES string of the molecule is CCC(C)N(Cc1cccc(OS(C)(=O)=O)c1)C(=O)Nc1cccc(C(F)(F)F)c1. The molecule has 0 aliphatic rings. The van der Waals surface area contributed by atoms with Gasteiger partial charge in [-0.2, -0.15) is 21.6 Å². The van der Waals surface area contributed by atoms with Crippen molar-refractivity contribution in [2.45, 2.75) is 39.0 Å². The molecule has 0 bridgehead atoms. The lowest BCUT2D eigenvalue weighted by Crippen LogP contribution is -2.40. The van der Waals surface area contributed by atoms with Gasteiger partial charge in [-0.25, -0.2) is 4.79 Å². The van der Waals surface area contributed by atoms with Crippen molar-refractivity contribution in [1.82, 2.24) is 4.90 Å². The molecule has 2 aromatic carbocycles. The monoisotopic (exact) mass is 444 g/mol. The van der Waals surface area contributed by atoms with Gasteiger partial charge in [-0.15, -0.1) is 0 Å². The summed E-state index contributed by atoms with van der Waals surface area (Å²) in [4.78, 5) is 14.3. The zero-order valence-corrected chi connectivity index (χ0v) is 17.5. The third-order valence-electron chi connectivity index (χ3n) is 4.32. The molecule has 164 valence electrons. The van der Waals surface area contributed by atoms with Crippen LogP contribution in [0.25, 0.3) is 0 Å². The molecular formula is C20H23F3N2O4S. The van der Waals surface area contributed by atoms with Crippen LogP contribution < -0.4 is 9.50 Å². The van der Waals surface area contributed by atoms with Gasteiger partial charge in [-0.1, -0.05) is 25.1 Å². The number of nitrogens with zero attached hydrogens (tertiary/aromatic N) is 1. The molecule has 2 rings (SSSR count). The van der Waals surface area contributed by atoms with E-state index in [1.54, 1.807) is 12.1 Å². The van der Waals surface area contributed by atoms with Crippen LogP contribution in [-0.2, 0) is 22.8 Å². The predicted octanol–water partition coefficient (Wildman–Crippen LogP) is 4.88. The second kappa shape index (κ2) is 9.38. The number of carbonyl (C=O) groups excluding carboxylic acids is 1. The molecule has 1 N–H and O–H groups in total. The summed E-state index contributed by atoms with van der Waals surface area (Å²) in [7, 11) is -3.70. The Morgan fingerprint density at radius 2 is 1.83 bits per heavy atom. The molecule has 1 atom stereocenters. The zero-order valence-electron chi connectivity index (χ0n) is 16.7. The molecule has 0 radical (unpaired) electrons. The molecular weight excluding hydrogens is 421 g/mol. The van der Waals surface area contributed by atoms with Gasteiger partial charge < -0.3 is 14.4 Å². The smallest absolute Gasteiger partial charge is 0.383 e. The molecule has 0 spiro atoms. The highest BCUT2D eigenvalue weighted by Gasteiger charge is 2.30. The maximum absolute atomic E-state index is 12.9. The quantitative estimate of drug-likeness (QED) is 0.618. The first kappa shape index (κ1) is 23.5. The number of urea groups is 1. The minimum absolute atomic E-state index is 0.0253. The van der Waals surface area contributed by atoms with Crippen molar-refractivity contribution in [2.75, 3.05) is 11.6 Å². The number of amides is 2. The fraction of sp³-hybridized carbons (Fsp3) is 0.350. The maximum atomic E-state index is 12.9. The molecule has 0 aliphatic heterocycles. The lowest BCUT2D eigenvalue weighted by atomic mass is 10.1. The number of benzene rings is 2. The summed E-state index contributed by atoms with van der Waals surface area (Å²) in [5.41, 5.74) is -0.228. The Kier molecular flexibility index (Phi) is 7.35. The highest BCUT2D eigenvalue weighted by Crippen LogP contribution is 2.30. The summed E-state index contributed by atoms with van der Waals surface area (Å²) in [6, 6.07) is 9.85. The van der Waals surface area contributed by atoms with Gasteiger partial charge in [0, 0.05) is 18.3 Å². The van der Waals surface area contributed by atoms with Gasteiger partial charge in [0.2, 0.25) is 0 Å². The summed E-state index contributed by atoms with van der Waals surface area (Å²) in [6.45, 7) is 3.79. The lowest BCUT2D eigenvalue weighted by Gasteiger charge is -2.29. The van der Waals surface area contributed by atoms with E-state index in [0.29, 0.717) is 12.0 Å². The second-order valence-electron chi connectivity index (χ2n) is 6.83. The zero-order chi connectivity index (χ0) is 22.5. The Hall–Kier alpha value is -2.75. The van der Waals surface area contributed by atoms with E-state index in [9.17, 15) is 26.4 Å². The van der Waals surface area contributed by atoms with Crippen LogP contribution in [0, 0.1) is 0 Å². The number of alkyl halides is 3. The molecule has 6 nitrogen and oxygen atoms in total. The molecule has 10 heteroatoms. The van der Waals surface area contributed by atoms with Crippen LogP contribution in [0.1, 0.15) is 31.4 Å². The molecule has 0 heterocycles. The highest BCUT2D eigenvalue weighted by molar-refractivity contribution is 7.86. The first-order valence-electron chi connectivity index (χ1n) is 9.12. The van der Waals surface area contributed by atoms with Gasteiger partial charge in [0.15, 0.2) is 0 Å². The van der Waals surface area contributed by atoms with E-state index < -0.39 is 27.9 Å². The number of halogens is 3. The largest absolute Gasteiger partial charge is 0.416 e. The fourth-order valence-electron chi connectivity index (χ4n) is 2.68. The predicted molar refractivity (Wildman–Crippen MR) is 108 cm³/mol. The van der Waals surface area contributed by atoms with Gasteiger partial charge in [-0.3, -0.25) is 0 Å². The average molecular weight is 444 g/mol. The summed E-state index contributed by atoms with van der Waals surface area (Å²) in [6.07, 6.45) is -2.99. The normalized spacial score (nSPS) is 12.9. The average Bonchev–Trinajstić information content (AvgIpc) is 2.64. The molecule has 2 amide bonds. The van der Waals surface area contributed by atoms with Crippen LogP contribution in [0.4, 0.5) is 23.7 Å². The van der Waals surface area contributed by atoms with E-state index in [4.69, 9.17) is 4.18 Å². The lowest BCUT2D eigenvalue weighted by molar-refractivity contribution is -0.137. The Morgan fingerprint density at radius 1 is 1.17 bits per heavy atom. The Balaban J connectivity index is 2.22. The molecule has 2 aromatic rings. The maximum Gasteiger partial charge on any atom is 0.416 e. The topological polar surface area (TPSA) is 75.7 Å². The number of anilines is 1. The van der Waals surface area contributed by atoms with Crippen molar-refractivity contribution in [3.05, 3.63) is 59.7 Å². The molecule has 0 fully saturated rings. The van der Waals surface area contributed by atoms with E-state index in [0.717, 1.165) is 18.4 Å². The molecule has 30 heavy (non-hydrogen) atoms. The summed E-state index contributed by atoms with van der Waals surface area (Å²) >= 11 is 0. The Morgan fingerprint density at radius 3 is 2.43 bits per heavy atom. The molecule has 0 aromatic heterocycles. The van der Waals surface area contributed by atoms with E-state index in [1.165, 1.54) is 29.2 Å². The third kappa shape index (κ3) is 6.94. The summed E-state index contributed by atoms with van der Waals surface area (Å²) in [5, 5.41) is 2.50. The van der Waals surface area contributed by atoms with Crippen molar-refractivity contribution in [3.8, 4) is 5.75 Å². The van der Waals surface area contributed by atoms with Crippen LogP contribution >= 0.6 is 0 Å². The first-order valence-corrected chi connectivity index (χ1v) is 10.9. The third-order valence-corrected chi connectivity index (χ3v) is 4.82. The highest BCUT2D eigenvalue weighted by atomic mass is 32.2. The standard InChI is InChI=1S/C20H23F3N2O4S/c1-4-14(2)25(13-15-7-5-10-18(11-15)29-30(3,27)28)19(26)24-17-9-6-8-16(12-17)20(21,22)23/h5-12,14H,4,13H2,1-3H3,(H,24,26). The van der Waals surface area contributed by atoms with Gasteiger partial charge in [0.25, 0.3) is 0 Å². The van der Waals surface area contributed by atoms with Crippen LogP contribution in [0.3, 0.4) is 0 Å². The van der Waals surface area contributed by atoms with Crippen LogP contribution in [0.15, 0.2) is 48.5 Å². The van der Waals surface area contributed by atoms with Gasteiger partial charge in [-0.05, 0) is 49.2 Å². The number of nitrogens with one attached hydrogen (secondary N) is 1. The number of hydrogen-bond acceptors (Lipinski definition) is 4. The number of rotatable bonds is 7. The first-order chi connectivity index (χ1) is 13.9. The summed E-state index contributed by atoms with van der Waals surface area (Å²) in [5.74, 6) is 0.109. The van der Waals surface area contributed by atoms with Gasteiger partial charge >= 0.3 is 22.3 Å². The number of carbonyl (C=O) groups is 1. The van der Waals surface area contributed by atoms with E-state index in [-0.39, 0.29) is 24.0 Å².